The summed E-state index contributed by atoms with van der Waals surface area (Å²) in [5, 5.41) is 2.85. The molecule has 1 aromatic heterocycles. The third kappa shape index (κ3) is 5.03. The number of nitrogens with zero attached hydrogens (tertiary/aromatic N) is 4. The van der Waals surface area contributed by atoms with E-state index in [9.17, 15) is 17.6 Å². The number of aliphatic imine (C=N–C) groups is 1. The molecule has 0 fully saturated rings. The van der Waals surface area contributed by atoms with Gasteiger partial charge in [-0.3, -0.25) is 9.71 Å². The number of rotatable bonds is 6. The van der Waals surface area contributed by atoms with Crippen LogP contribution in [0.4, 0.5) is 22.0 Å². The number of nitrogens with two attached hydrogens (primary N) is 1. The van der Waals surface area contributed by atoms with Gasteiger partial charge in [0.15, 0.2) is 12.4 Å². The van der Waals surface area contributed by atoms with E-state index in [2.05, 4.69) is 30.0 Å². The number of anilines is 3. The zero-order valence-electron chi connectivity index (χ0n) is 17.2. The van der Waals surface area contributed by atoms with Gasteiger partial charge in [-0.05, 0) is 43.3 Å². The smallest absolute Gasteiger partial charge is 0.331 e. The zero-order chi connectivity index (χ0) is 23.6. The van der Waals surface area contributed by atoms with E-state index in [0.29, 0.717) is 11.3 Å². The number of carbonyl (C=O) groups excluding carboxylic acids is 1. The predicted molar refractivity (Wildman–Crippen MR) is 116 cm³/mol. The molecule has 1 aliphatic rings. The topological polar surface area (TPSA) is 162 Å². The molecule has 13 heteroatoms. The first-order valence-corrected chi connectivity index (χ1v) is 11.1. The Bertz CT molecular complexity index is 1350. The van der Waals surface area contributed by atoms with Crippen LogP contribution in [0.15, 0.2) is 58.4 Å². The highest BCUT2D eigenvalue weighted by atomic mass is 32.2. The minimum absolute atomic E-state index is 0.0604. The largest absolute Gasteiger partial charge is 0.456 e. The van der Waals surface area contributed by atoms with Crippen molar-refractivity contribution in [3.8, 4) is 0 Å². The normalized spacial score (nSPS) is 16.0. The summed E-state index contributed by atoms with van der Waals surface area (Å²) in [6, 6.07) is 10.8. The first kappa shape index (κ1) is 22.1. The van der Waals surface area contributed by atoms with Gasteiger partial charge < -0.3 is 15.8 Å². The number of hydrogen-bond donors (Lipinski definition) is 3. The fourth-order valence-corrected chi connectivity index (χ4v) is 4.19. The maximum atomic E-state index is 13.1. The number of aromatic nitrogens is 3. The summed E-state index contributed by atoms with van der Waals surface area (Å²) >= 11 is 0. The van der Waals surface area contributed by atoms with E-state index in [4.69, 9.17) is 10.5 Å². The van der Waals surface area contributed by atoms with E-state index >= 15 is 0 Å². The number of nitrogens with one attached hydrogen (secondary N) is 2. The van der Waals surface area contributed by atoms with E-state index in [1.54, 1.807) is 18.2 Å². The first-order chi connectivity index (χ1) is 15.7. The molecule has 0 saturated heterocycles. The highest BCUT2D eigenvalue weighted by Crippen LogP contribution is 2.22. The van der Waals surface area contributed by atoms with Crippen molar-refractivity contribution in [1.82, 2.24) is 19.7 Å². The van der Waals surface area contributed by atoms with Crippen molar-refractivity contribution in [2.45, 2.75) is 24.5 Å². The highest BCUT2D eigenvalue weighted by molar-refractivity contribution is 7.90. The van der Waals surface area contributed by atoms with Crippen LogP contribution in [-0.2, 0) is 26.2 Å². The average molecular weight is 471 g/mol. The van der Waals surface area contributed by atoms with Crippen molar-refractivity contribution >= 4 is 39.4 Å². The van der Waals surface area contributed by atoms with E-state index in [0.717, 1.165) is 0 Å². The number of nitrogen functional groups attached to an aromatic ring is 1. The molecule has 3 aromatic rings. The Hall–Kier alpha value is -4.13. The summed E-state index contributed by atoms with van der Waals surface area (Å²) in [6.45, 7) is 1.15. The molecular formula is C20H18FN7O4S. The van der Waals surface area contributed by atoms with Gasteiger partial charge in [0.05, 0.1) is 4.90 Å². The molecule has 2 heterocycles. The lowest BCUT2D eigenvalue weighted by atomic mass is 10.2. The summed E-state index contributed by atoms with van der Waals surface area (Å²) in [5.74, 6) is -0.998. The Balaban J connectivity index is 1.43. The van der Waals surface area contributed by atoms with Crippen molar-refractivity contribution in [2.24, 2.45) is 4.99 Å². The van der Waals surface area contributed by atoms with Gasteiger partial charge in [-0.2, -0.15) is 15.0 Å². The van der Waals surface area contributed by atoms with Crippen molar-refractivity contribution in [1.29, 1.82) is 0 Å². The van der Waals surface area contributed by atoms with Gasteiger partial charge in [0.2, 0.25) is 11.9 Å². The molecule has 0 radical (unpaired) electrons. The summed E-state index contributed by atoms with van der Waals surface area (Å²) in [4.78, 5) is 28.6. The fourth-order valence-electron chi connectivity index (χ4n) is 2.95. The molecule has 11 nitrogen and oxygen atoms in total. The molecule has 1 aliphatic heterocycles. The number of sulfonamides is 1. The average Bonchev–Trinajstić information content (AvgIpc) is 3.03. The Morgan fingerprint density at radius 1 is 1.18 bits per heavy atom. The third-order valence-corrected chi connectivity index (χ3v) is 5.87. The second kappa shape index (κ2) is 8.78. The monoisotopic (exact) mass is 471 g/mol. The Kier molecular flexibility index (Phi) is 5.87. The lowest BCUT2D eigenvalue weighted by Crippen LogP contribution is -2.26. The number of fused-ring (bicyclic) bond motifs is 1. The fraction of sp³-hybridized carbons (Fsp3) is 0.150. The molecular weight excluding hydrogens is 453 g/mol. The second-order valence-electron chi connectivity index (χ2n) is 6.93. The number of halogens is 1. The van der Waals surface area contributed by atoms with Crippen LogP contribution in [0.1, 0.15) is 18.3 Å². The predicted octanol–water partition coefficient (Wildman–Crippen LogP) is 1.51. The van der Waals surface area contributed by atoms with Gasteiger partial charge in [0.25, 0.3) is 10.0 Å². The van der Waals surface area contributed by atoms with E-state index in [1.807, 2.05) is 0 Å². The molecule has 2 aromatic carbocycles. The van der Waals surface area contributed by atoms with Crippen LogP contribution in [0.25, 0.3) is 0 Å². The van der Waals surface area contributed by atoms with Crippen LogP contribution in [0.2, 0.25) is 0 Å². The van der Waals surface area contributed by atoms with Gasteiger partial charge in [-0.1, -0.05) is 12.1 Å². The zero-order valence-corrected chi connectivity index (χ0v) is 18.0. The quantitative estimate of drug-likeness (QED) is 0.452. The molecule has 0 aliphatic carbocycles. The summed E-state index contributed by atoms with van der Waals surface area (Å²) in [7, 11) is -3.72. The van der Waals surface area contributed by atoms with E-state index in [-0.39, 0.29) is 35.1 Å². The van der Waals surface area contributed by atoms with Crippen LogP contribution in [-0.4, -0.2) is 41.2 Å². The number of benzene rings is 2. The van der Waals surface area contributed by atoms with Crippen molar-refractivity contribution < 1.29 is 22.3 Å². The van der Waals surface area contributed by atoms with Crippen LogP contribution in [0.3, 0.4) is 0 Å². The van der Waals surface area contributed by atoms with Crippen LogP contribution in [0, 0.1) is 5.82 Å². The summed E-state index contributed by atoms with van der Waals surface area (Å²) < 4.78 is 44.9. The van der Waals surface area contributed by atoms with Crippen molar-refractivity contribution in [3.05, 3.63) is 65.7 Å². The minimum Gasteiger partial charge on any atom is -0.456 e. The minimum atomic E-state index is -3.72. The van der Waals surface area contributed by atoms with Gasteiger partial charge >= 0.3 is 5.97 Å². The highest BCUT2D eigenvalue weighted by Gasteiger charge is 2.31. The standard InChI is InChI=1S/C20H18FN7O4S/c1-11(23-17-14-4-2-3-5-15(14)33(30,31)28-17)18(29)32-10-16-25-19(22)27-20(26-16)24-13-8-6-12(21)7-9-13/h2-9,11H,10H2,1H3,(H,23,28)(H3,22,24,25,26,27)/t11-/m0/s1. The molecule has 4 N–H and O–H groups in total. The van der Waals surface area contributed by atoms with Gasteiger partial charge in [-0.25, -0.2) is 17.6 Å². The number of amidine groups is 1. The summed E-state index contributed by atoms with van der Waals surface area (Å²) in [5.41, 5.74) is 6.59. The first-order valence-electron chi connectivity index (χ1n) is 9.61. The van der Waals surface area contributed by atoms with Crippen molar-refractivity contribution in [3.63, 3.8) is 0 Å². The van der Waals surface area contributed by atoms with Crippen LogP contribution in [0.5, 0.6) is 0 Å². The molecule has 0 bridgehead atoms. The van der Waals surface area contributed by atoms with Gasteiger partial charge in [0.1, 0.15) is 17.7 Å². The maximum Gasteiger partial charge on any atom is 0.331 e. The molecule has 170 valence electrons. The Morgan fingerprint density at radius 2 is 1.91 bits per heavy atom. The summed E-state index contributed by atoms with van der Waals surface area (Å²) in [6.07, 6.45) is 0. The van der Waals surface area contributed by atoms with Crippen molar-refractivity contribution in [2.75, 3.05) is 11.1 Å². The number of ether oxygens (including phenoxy) is 1. The van der Waals surface area contributed by atoms with Crippen LogP contribution < -0.4 is 15.8 Å². The lowest BCUT2D eigenvalue weighted by molar-refractivity contribution is -0.146. The molecule has 4 rings (SSSR count). The SMILES string of the molecule is C[C@H](N=C1NS(=O)(=O)c2ccccc21)C(=O)OCc1nc(N)nc(Nc2ccc(F)cc2)n1. The molecule has 1 atom stereocenters. The maximum absolute atomic E-state index is 13.1. The van der Waals surface area contributed by atoms with Crippen LogP contribution >= 0.6 is 0 Å². The molecule has 0 saturated carbocycles. The number of carbonyl (C=O) groups is 1. The molecule has 0 unspecified atom stereocenters. The van der Waals surface area contributed by atoms with Gasteiger partial charge in [0, 0.05) is 11.3 Å². The Morgan fingerprint density at radius 3 is 2.67 bits per heavy atom. The third-order valence-electron chi connectivity index (χ3n) is 4.47. The molecule has 33 heavy (non-hydrogen) atoms. The van der Waals surface area contributed by atoms with Gasteiger partial charge in [-0.15, -0.1) is 0 Å². The second-order valence-corrected chi connectivity index (χ2v) is 8.58. The van der Waals surface area contributed by atoms with E-state index in [1.165, 1.54) is 37.3 Å². The number of esters is 1. The Labute approximate surface area is 188 Å². The number of hydrogen-bond acceptors (Lipinski definition) is 10. The molecule has 0 amide bonds. The molecule has 0 spiro atoms. The lowest BCUT2D eigenvalue weighted by Gasteiger charge is -2.10. The van der Waals surface area contributed by atoms with E-state index < -0.39 is 27.9 Å².